The van der Waals surface area contributed by atoms with Gasteiger partial charge >= 0.3 is 0 Å². The van der Waals surface area contributed by atoms with Gasteiger partial charge in [-0.05, 0) is 29.3 Å². The highest BCUT2D eigenvalue weighted by Gasteiger charge is 2.32. The zero-order chi connectivity index (χ0) is 17.1. The Bertz CT molecular complexity index is 861. The number of carbonyl (C=O) groups is 1. The topological polar surface area (TPSA) is 32.3 Å². The predicted octanol–water partition coefficient (Wildman–Crippen LogP) is 4.43. The molecule has 3 aromatic carbocycles. The first-order valence-electron chi connectivity index (χ1n) is 8.56. The summed E-state index contributed by atoms with van der Waals surface area (Å²) in [4.78, 5) is 15.3. The van der Waals surface area contributed by atoms with Gasteiger partial charge in [-0.3, -0.25) is 4.79 Å². The molecule has 4 rings (SSSR count). The minimum absolute atomic E-state index is 0.132. The van der Waals surface area contributed by atoms with E-state index in [1.165, 1.54) is 0 Å². The normalized spacial score (nSPS) is 15.3. The van der Waals surface area contributed by atoms with E-state index < -0.39 is 0 Å². The standard InChI is InChI=1S/C22H20N2O/c25-22(20-15-23-21-14-8-7-13-19(20)21)24(18-11-5-2-6-12-18)16-17-9-3-1-4-10-17/h1-14,20,23H,15-16H2. The molecule has 1 heterocycles. The Labute approximate surface area is 147 Å². The number of nitrogens with zero attached hydrogens (tertiary/aromatic N) is 1. The van der Waals surface area contributed by atoms with Crippen LogP contribution in [0.4, 0.5) is 11.4 Å². The van der Waals surface area contributed by atoms with Gasteiger partial charge in [0.15, 0.2) is 0 Å². The summed E-state index contributed by atoms with van der Waals surface area (Å²) in [6.45, 7) is 1.22. The summed E-state index contributed by atoms with van der Waals surface area (Å²) in [6, 6.07) is 28.1. The maximum atomic E-state index is 13.4. The first kappa shape index (κ1) is 15.5. The third-order valence-corrected chi connectivity index (χ3v) is 4.65. The molecule has 3 heteroatoms. The molecular formula is C22H20N2O. The Hall–Kier alpha value is -3.07. The van der Waals surface area contributed by atoms with Crippen LogP contribution in [0.5, 0.6) is 0 Å². The highest BCUT2D eigenvalue weighted by Crippen LogP contribution is 2.34. The Morgan fingerprint density at radius 3 is 2.28 bits per heavy atom. The molecule has 1 N–H and O–H groups in total. The van der Waals surface area contributed by atoms with Gasteiger partial charge in [-0.25, -0.2) is 0 Å². The van der Waals surface area contributed by atoms with Gasteiger partial charge in [-0.15, -0.1) is 0 Å². The fourth-order valence-corrected chi connectivity index (χ4v) is 3.36. The van der Waals surface area contributed by atoms with Crippen molar-refractivity contribution >= 4 is 17.3 Å². The lowest BCUT2D eigenvalue weighted by Gasteiger charge is -2.26. The van der Waals surface area contributed by atoms with E-state index in [9.17, 15) is 4.79 Å². The van der Waals surface area contributed by atoms with Crippen LogP contribution in [0.1, 0.15) is 17.0 Å². The van der Waals surface area contributed by atoms with Crippen molar-refractivity contribution in [1.82, 2.24) is 0 Å². The highest BCUT2D eigenvalue weighted by molar-refractivity contribution is 6.00. The lowest BCUT2D eigenvalue weighted by Crippen LogP contribution is -2.35. The van der Waals surface area contributed by atoms with E-state index >= 15 is 0 Å². The van der Waals surface area contributed by atoms with Crippen LogP contribution in [-0.4, -0.2) is 12.5 Å². The monoisotopic (exact) mass is 328 g/mol. The summed E-state index contributed by atoms with van der Waals surface area (Å²) in [6.07, 6.45) is 0. The maximum Gasteiger partial charge on any atom is 0.236 e. The molecular weight excluding hydrogens is 308 g/mol. The van der Waals surface area contributed by atoms with Crippen molar-refractivity contribution in [2.24, 2.45) is 0 Å². The molecule has 0 fully saturated rings. The van der Waals surface area contributed by atoms with E-state index in [4.69, 9.17) is 0 Å². The van der Waals surface area contributed by atoms with Crippen LogP contribution >= 0.6 is 0 Å². The predicted molar refractivity (Wildman–Crippen MR) is 102 cm³/mol. The van der Waals surface area contributed by atoms with E-state index in [0.29, 0.717) is 13.1 Å². The molecule has 0 bridgehead atoms. The van der Waals surface area contributed by atoms with Crippen LogP contribution in [0, 0.1) is 0 Å². The minimum atomic E-state index is -0.153. The van der Waals surface area contributed by atoms with Gasteiger partial charge < -0.3 is 10.2 Å². The van der Waals surface area contributed by atoms with Crippen molar-refractivity contribution in [1.29, 1.82) is 0 Å². The molecule has 1 unspecified atom stereocenters. The number of fused-ring (bicyclic) bond motifs is 1. The van der Waals surface area contributed by atoms with Gasteiger partial charge in [0.1, 0.15) is 0 Å². The van der Waals surface area contributed by atoms with Gasteiger partial charge in [0.2, 0.25) is 5.91 Å². The van der Waals surface area contributed by atoms with E-state index in [1.807, 2.05) is 77.7 Å². The number of rotatable bonds is 4. The summed E-state index contributed by atoms with van der Waals surface area (Å²) >= 11 is 0. The second-order valence-corrected chi connectivity index (χ2v) is 6.27. The molecule has 124 valence electrons. The number of amides is 1. The Morgan fingerprint density at radius 1 is 0.880 bits per heavy atom. The van der Waals surface area contributed by atoms with Gasteiger partial charge in [-0.1, -0.05) is 66.7 Å². The molecule has 0 radical (unpaired) electrons. The largest absolute Gasteiger partial charge is 0.384 e. The van der Waals surface area contributed by atoms with Crippen molar-refractivity contribution in [2.75, 3.05) is 16.8 Å². The molecule has 1 aliphatic heterocycles. The van der Waals surface area contributed by atoms with Crippen molar-refractivity contribution in [3.8, 4) is 0 Å². The molecule has 1 atom stereocenters. The average molecular weight is 328 g/mol. The summed E-state index contributed by atoms with van der Waals surface area (Å²) in [5.74, 6) is -0.0207. The summed E-state index contributed by atoms with van der Waals surface area (Å²) in [5, 5.41) is 3.35. The second-order valence-electron chi connectivity index (χ2n) is 6.27. The average Bonchev–Trinajstić information content (AvgIpc) is 3.11. The van der Waals surface area contributed by atoms with E-state index in [0.717, 1.165) is 22.5 Å². The Morgan fingerprint density at radius 2 is 1.52 bits per heavy atom. The molecule has 0 aliphatic carbocycles. The van der Waals surface area contributed by atoms with Gasteiger partial charge in [0.05, 0.1) is 12.5 Å². The number of para-hydroxylation sites is 2. The third-order valence-electron chi connectivity index (χ3n) is 4.65. The molecule has 0 spiro atoms. The number of benzene rings is 3. The van der Waals surface area contributed by atoms with E-state index in [1.54, 1.807) is 0 Å². The number of hydrogen-bond acceptors (Lipinski definition) is 2. The number of nitrogens with one attached hydrogen (secondary N) is 1. The van der Waals surface area contributed by atoms with Crippen molar-refractivity contribution in [2.45, 2.75) is 12.5 Å². The zero-order valence-corrected chi connectivity index (χ0v) is 13.9. The molecule has 3 nitrogen and oxygen atoms in total. The second kappa shape index (κ2) is 6.81. The molecule has 0 aromatic heterocycles. The van der Waals surface area contributed by atoms with Crippen molar-refractivity contribution in [3.05, 3.63) is 96.1 Å². The van der Waals surface area contributed by atoms with Gasteiger partial charge in [0, 0.05) is 17.9 Å². The van der Waals surface area contributed by atoms with E-state index in [2.05, 4.69) is 17.4 Å². The molecule has 3 aromatic rings. The third kappa shape index (κ3) is 3.13. The van der Waals surface area contributed by atoms with Crippen molar-refractivity contribution in [3.63, 3.8) is 0 Å². The highest BCUT2D eigenvalue weighted by atomic mass is 16.2. The molecule has 1 aliphatic rings. The fourth-order valence-electron chi connectivity index (χ4n) is 3.36. The smallest absolute Gasteiger partial charge is 0.236 e. The summed E-state index contributed by atoms with van der Waals surface area (Å²) in [5.41, 5.74) is 4.20. The summed E-state index contributed by atoms with van der Waals surface area (Å²) < 4.78 is 0. The van der Waals surface area contributed by atoms with Crippen LogP contribution < -0.4 is 10.2 Å². The number of carbonyl (C=O) groups excluding carboxylic acids is 1. The van der Waals surface area contributed by atoms with Crippen LogP contribution in [0.25, 0.3) is 0 Å². The fraction of sp³-hybridized carbons (Fsp3) is 0.136. The van der Waals surface area contributed by atoms with E-state index in [-0.39, 0.29) is 11.8 Å². The quantitative estimate of drug-likeness (QED) is 0.768. The van der Waals surface area contributed by atoms with Crippen molar-refractivity contribution < 1.29 is 4.79 Å². The molecule has 0 saturated carbocycles. The van der Waals surface area contributed by atoms with Crippen LogP contribution in [-0.2, 0) is 11.3 Å². The van der Waals surface area contributed by atoms with Crippen LogP contribution in [0.3, 0.4) is 0 Å². The molecule has 1 amide bonds. The number of hydrogen-bond donors (Lipinski definition) is 1. The first-order chi connectivity index (χ1) is 12.3. The molecule has 0 saturated heterocycles. The minimum Gasteiger partial charge on any atom is -0.384 e. The first-order valence-corrected chi connectivity index (χ1v) is 8.56. The van der Waals surface area contributed by atoms with Gasteiger partial charge in [0.25, 0.3) is 0 Å². The lowest BCUT2D eigenvalue weighted by molar-refractivity contribution is -0.119. The van der Waals surface area contributed by atoms with Gasteiger partial charge in [-0.2, -0.15) is 0 Å². The Kier molecular flexibility index (Phi) is 4.21. The van der Waals surface area contributed by atoms with Crippen LogP contribution in [0.2, 0.25) is 0 Å². The Balaban J connectivity index is 1.67. The maximum absolute atomic E-state index is 13.4. The SMILES string of the molecule is O=C(C1CNc2ccccc21)N(Cc1ccccc1)c1ccccc1. The molecule has 25 heavy (non-hydrogen) atoms. The lowest BCUT2D eigenvalue weighted by atomic mass is 9.99. The van der Waals surface area contributed by atoms with Crippen LogP contribution in [0.15, 0.2) is 84.9 Å². The summed E-state index contributed by atoms with van der Waals surface area (Å²) in [7, 11) is 0. The zero-order valence-electron chi connectivity index (χ0n) is 13.9. The number of anilines is 2.